The Bertz CT molecular complexity index is 111. The van der Waals surface area contributed by atoms with Crippen LogP contribution in [-0.2, 0) is 14.3 Å². The molecular weight excluding hydrogens is 120 g/mol. The summed E-state index contributed by atoms with van der Waals surface area (Å²) in [5.74, 6) is 0.0590. The van der Waals surface area contributed by atoms with Crippen LogP contribution in [0.1, 0.15) is 6.42 Å². The van der Waals surface area contributed by atoms with Crippen molar-refractivity contribution in [3.05, 3.63) is 0 Å². The van der Waals surface area contributed by atoms with Gasteiger partial charge in [0.2, 0.25) is 0 Å². The number of hydrogen-bond donors (Lipinski definition) is 0. The highest BCUT2D eigenvalue weighted by Crippen LogP contribution is 2.05. The molecule has 1 fully saturated rings. The number of ketones is 1. The molecule has 0 aromatic heterocycles. The summed E-state index contributed by atoms with van der Waals surface area (Å²) < 4.78 is 9.76. The van der Waals surface area contributed by atoms with Gasteiger partial charge in [0.1, 0.15) is 12.7 Å². The molecule has 1 rings (SSSR count). The van der Waals surface area contributed by atoms with Gasteiger partial charge in [-0.15, -0.1) is 0 Å². The minimum absolute atomic E-state index is 0.0590. The van der Waals surface area contributed by atoms with Gasteiger partial charge in [-0.1, -0.05) is 0 Å². The van der Waals surface area contributed by atoms with Crippen molar-refractivity contribution < 1.29 is 14.3 Å². The van der Waals surface area contributed by atoms with E-state index in [9.17, 15) is 4.79 Å². The first-order chi connectivity index (χ1) is 4.34. The van der Waals surface area contributed by atoms with E-state index in [1.807, 2.05) is 0 Å². The van der Waals surface area contributed by atoms with Gasteiger partial charge in [0, 0.05) is 13.5 Å². The maximum atomic E-state index is 10.8. The molecule has 0 N–H and O–H groups in total. The van der Waals surface area contributed by atoms with Crippen molar-refractivity contribution in [3.63, 3.8) is 0 Å². The van der Waals surface area contributed by atoms with Crippen LogP contribution in [0.3, 0.4) is 0 Å². The average Bonchev–Trinajstić information content (AvgIpc) is 1.89. The van der Waals surface area contributed by atoms with Crippen LogP contribution in [-0.4, -0.2) is 32.2 Å². The molecule has 0 aromatic rings. The van der Waals surface area contributed by atoms with Crippen LogP contribution in [0.5, 0.6) is 0 Å². The van der Waals surface area contributed by atoms with Crippen LogP contribution >= 0.6 is 0 Å². The van der Waals surface area contributed by atoms with Crippen molar-refractivity contribution in [1.82, 2.24) is 0 Å². The molecule has 0 aromatic carbocycles. The van der Waals surface area contributed by atoms with Gasteiger partial charge in [0.05, 0.1) is 6.61 Å². The molecule has 0 amide bonds. The van der Waals surface area contributed by atoms with Gasteiger partial charge in [-0.25, -0.2) is 0 Å². The van der Waals surface area contributed by atoms with E-state index in [2.05, 4.69) is 0 Å². The molecular formula is C6H10O3. The quantitative estimate of drug-likeness (QED) is 0.501. The summed E-state index contributed by atoms with van der Waals surface area (Å²) in [6, 6.07) is 0. The molecule has 1 aliphatic heterocycles. The van der Waals surface area contributed by atoms with Crippen LogP contribution < -0.4 is 0 Å². The molecule has 1 saturated heterocycles. The monoisotopic (exact) mass is 130 g/mol. The highest BCUT2D eigenvalue weighted by molar-refractivity contribution is 5.84. The molecule has 0 aliphatic carbocycles. The van der Waals surface area contributed by atoms with E-state index in [-0.39, 0.29) is 18.5 Å². The van der Waals surface area contributed by atoms with Gasteiger partial charge in [-0.05, 0) is 0 Å². The Kier molecular flexibility index (Phi) is 2.19. The predicted octanol–water partition coefficient (Wildman–Crippen LogP) is -0.00920. The lowest BCUT2D eigenvalue weighted by atomic mass is 10.1. The van der Waals surface area contributed by atoms with Gasteiger partial charge in [0.25, 0.3) is 0 Å². The molecule has 1 aliphatic rings. The second-order valence-corrected chi connectivity index (χ2v) is 2.03. The van der Waals surface area contributed by atoms with Crippen LogP contribution in [0.15, 0.2) is 0 Å². The first-order valence-corrected chi connectivity index (χ1v) is 2.98. The van der Waals surface area contributed by atoms with Gasteiger partial charge < -0.3 is 9.47 Å². The molecule has 52 valence electrons. The van der Waals surface area contributed by atoms with Crippen LogP contribution in [0.25, 0.3) is 0 Å². The van der Waals surface area contributed by atoms with Crippen molar-refractivity contribution in [2.75, 3.05) is 20.3 Å². The summed E-state index contributed by atoms with van der Waals surface area (Å²) in [7, 11) is 1.55. The molecule has 0 saturated carbocycles. The zero-order valence-electron chi connectivity index (χ0n) is 5.42. The lowest BCUT2D eigenvalue weighted by Gasteiger charge is -2.18. The van der Waals surface area contributed by atoms with E-state index in [1.54, 1.807) is 7.11 Å². The Morgan fingerprint density at radius 1 is 1.78 bits per heavy atom. The molecule has 3 nitrogen and oxygen atoms in total. The predicted molar refractivity (Wildman–Crippen MR) is 31.2 cm³/mol. The van der Waals surface area contributed by atoms with E-state index in [4.69, 9.17) is 9.47 Å². The second kappa shape index (κ2) is 2.94. The third-order valence-electron chi connectivity index (χ3n) is 1.41. The summed E-state index contributed by atoms with van der Waals surface area (Å²) in [5.41, 5.74) is 0. The van der Waals surface area contributed by atoms with E-state index < -0.39 is 0 Å². The Balaban J connectivity index is 2.39. The lowest BCUT2D eigenvalue weighted by molar-refractivity contribution is -0.140. The number of Topliss-reactive ketones (excluding diaryl/α,β-unsaturated/α-hetero) is 1. The fourth-order valence-electron chi connectivity index (χ4n) is 0.866. The SMILES string of the molecule is CO[C@@H]1CCOCC1=O. The molecule has 0 spiro atoms. The fourth-order valence-corrected chi connectivity index (χ4v) is 0.866. The molecule has 1 heterocycles. The van der Waals surface area contributed by atoms with Crippen molar-refractivity contribution in [2.45, 2.75) is 12.5 Å². The van der Waals surface area contributed by atoms with E-state index in [0.717, 1.165) is 0 Å². The van der Waals surface area contributed by atoms with Crippen molar-refractivity contribution >= 4 is 5.78 Å². The maximum Gasteiger partial charge on any atom is 0.187 e. The molecule has 0 unspecified atom stereocenters. The molecule has 9 heavy (non-hydrogen) atoms. The summed E-state index contributed by atoms with van der Waals surface area (Å²) in [5, 5.41) is 0. The van der Waals surface area contributed by atoms with Crippen molar-refractivity contribution in [3.8, 4) is 0 Å². The van der Waals surface area contributed by atoms with Crippen LogP contribution in [0, 0.1) is 0 Å². The second-order valence-electron chi connectivity index (χ2n) is 2.03. The number of carbonyl (C=O) groups excluding carboxylic acids is 1. The van der Waals surface area contributed by atoms with Crippen LogP contribution in [0.4, 0.5) is 0 Å². The number of methoxy groups -OCH3 is 1. The van der Waals surface area contributed by atoms with E-state index in [0.29, 0.717) is 13.0 Å². The smallest absolute Gasteiger partial charge is 0.187 e. The highest BCUT2D eigenvalue weighted by atomic mass is 16.5. The minimum Gasteiger partial charge on any atom is -0.373 e. The normalized spacial score (nSPS) is 28.6. The minimum atomic E-state index is -0.209. The first kappa shape index (κ1) is 6.71. The largest absolute Gasteiger partial charge is 0.373 e. The zero-order valence-corrected chi connectivity index (χ0v) is 5.42. The van der Waals surface area contributed by atoms with Crippen molar-refractivity contribution in [1.29, 1.82) is 0 Å². The third kappa shape index (κ3) is 1.50. The molecule has 0 bridgehead atoms. The number of rotatable bonds is 1. The number of carbonyl (C=O) groups is 1. The Morgan fingerprint density at radius 2 is 2.56 bits per heavy atom. The Hall–Kier alpha value is -0.410. The van der Waals surface area contributed by atoms with Gasteiger partial charge >= 0.3 is 0 Å². The highest BCUT2D eigenvalue weighted by Gasteiger charge is 2.21. The molecule has 0 radical (unpaired) electrons. The van der Waals surface area contributed by atoms with Gasteiger partial charge in [0.15, 0.2) is 5.78 Å². The summed E-state index contributed by atoms with van der Waals surface area (Å²) >= 11 is 0. The zero-order chi connectivity index (χ0) is 6.69. The average molecular weight is 130 g/mol. The standard InChI is InChI=1S/C6H10O3/c1-8-6-2-3-9-4-5(6)7/h6H,2-4H2,1H3/t6-/m1/s1. The summed E-state index contributed by atoms with van der Waals surface area (Å²) in [6.07, 6.45) is 0.494. The lowest BCUT2D eigenvalue weighted by Crippen LogP contribution is -2.33. The molecule has 3 heteroatoms. The van der Waals surface area contributed by atoms with Crippen molar-refractivity contribution in [2.24, 2.45) is 0 Å². The van der Waals surface area contributed by atoms with Gasteiger partial charge in [-0.2, -0.15) is 0 Å². The Morgan fingerprint density at radius 3 is 3.00 bits per heavy atom. The Labute approximate surface area is 53.9 Å². The summed E-state index contributed by atoms with van der Waals surface area (Å²) in [4.78, 5) is 10.8. The fraction of sp³-hybridized carbons (Fsp3) is 0.833. The number of ether oxygens (including phenoxy) is 2. The maximum absolute atomic E-state index is 10.8. The topological polar surface area (TPSA) is 35.5 Å². The number of hydrogen-bond acceptors (Lipinski definition) is 3. The summed E-state index contributed by atoms with van der Waals surface area (Å²) in [6.45, 7) is 0.864. The van der Waals surface area contributed by atoms with Gasteiger partial charge in [-0.3, -0.25) is 4.79 Å². The molecule has 1 atom stereocenters. The van der Waals surface area contributed by atoms with E-state index in [1.165, 1.54) is 0 Å². The third-order valence-corrected chi connectivity index (χ3v) is 1.41. The van der Waals surface area contributed by atoms with Crippen LogP contribution in [0.2, 0.25) is 0 Å². The van der Waals surface area contributed by atoms with E-state index >= 15 is 0 Å². The first-order valence-electron chi connectivity index (χ1n) is 2.98.